The average Bonchev–Trinajstić information content (AvgIpc) is 3.62. The molecule has 4 aromatic rings. The standard InChI is InChI=1S/C39H44ClN11O4/c40-32-21-31(5-1-27(32)22-41)55-30-6-2-28(3-7-30)43-38(53)33-8-10-35(46-45-33)49-14-11-26(12-15-49)24-47-17-19-48(20-18-47)29-4-9-34-42-23-37(51(34)25-29)50-16-13-36(52)44-39(50)54/h1,4-5,8-10,21,23,25-26,28,30H,2-3,6-7,11-20,24H2,(H,43,53)(H,44,52,54). The smallest absolute Gasteiger partial charge is 0.329 e. The van der Waals surface area contributed by atoms with Crippen LogP contribution in [0.3, 0.4) is 0 Å². The van der Waals surface area contributed by atoms with E-state index >= 15 is 0 Å². The number of benzene rings is 1. The summed E-state index contributed by atoms with van der Waals surface area (Å²) in [6.45, 7) is 6.98. The Morgan fingerprint density at radius 2 is 1.73 bits per heavy atom. The minimum Gasteiger partial charge on any atom is -0.490 e. The van der Waals surface area contributed by atoms with Gasteiger partial charge in [0.15, 0.2) is 11.5 Å². The fourth-order valence-electron chi connectivity index (χ4n) is 8.08. The number of piperidine rings is 1. The molecule has 3 saturated heterocycles. The summed E-state index contributed by atoms with van der Waals surface area (Å²) in [7, 11) is 0. The fraction of sp³-hybridized carbons (Fsp3) is 0.462. The summed E-state index contributed by atoms with van der Waals surface area (Å²) in [5.41, 5.74) is 2.58. The Bertz CT molecular complexity index is 2080. The van der Waals surface area contributed by atoms with E-state index in [1.54, 1.807) is 35.4 Å². The summed E-state index contributed by atoms with van der Waals surface area (Å²) in [6.07, 6.45) is 9.37. The van der Waals surface area contributed by atoms with Crippen molar-refractivity contribution in [2.75, 3.05) is 67.1 Å². The van der Waals surface area contributed by atoms with Gasteiger partial charge >= 0.3 is 6.03 Å². The lowest BCUT2D eigenvalue weighted by Gasteiger charge is -2.39. The molecule has 4 fully saturated rings. The maximum atomic E-state index is 13.0. The summed E-state index contributed by atoms with van der Waals surface area (Å²) in [4.78, 5) is 50.4. The highest BCUT2D eigenvalue weighted by Crippen LogP contribution is 2.29. The largest absolute Gasteiger partial charge is 0.490 e. The van der Waals surface area contributed by atoms with Gasteiger partial charge in [-0.1, -0.05) is 11.6 Å². The molecule has 55 heavy (non-hydrogen) atoms. The number of nitriles is 1. The lowest BCUT2D eigenvalue weighted by Crippen LogP contribution is -2.50. The third-order valence-corrected chi connectivity index (χ3v) is 11.6. The molecule has 0 radical (unpaired) electrons. The number of carbonyl (C=O) groups excluding carboxylic acids is 3. The van der Waals surface area contributed by atoms with Gasteiger partial charge in [-0.25, -0.2) is 9.78 Å². The van der Waals surface area contributed by atoms with Crippen molar-refractivity contribution in [2.24, 2.45) is 5.92 Å². The van der Waals surface area contributed by atoms with Crippen molar-refractivity contribution in [2.45, 2.75) is 57.1 Å². The van der Waals surface area contributed by atoms with Gasteiger partial charge in [-0.15, -0.1) is 10.2 Å². The van der Waals surface area contributed by atoms with Crippen LogP contribution < -0.4 is 30.1 Å². The number of imide groups is 1. The van der Waals surface area contributed by atoms with E-state index in [1.165, 1.54) is 0 Å². The molecule has 15 nitrogen and oxygen atoms in total. The van der Waals surface area contributed by atoms with Gasteiger partial charge in [-0.2, -0.15) is 5.26 Å². The van der Waals surface area contributed by atoms with E-state index in [0.717, 1.165) is 101 Å². The first-order chi connectivity index (χ1) is 26.8. The Balaban J connectivity index is 0.757. The summed E-state index contributed by atoms with van der Waals surface area (Å²) >= 11 is 6.15. The van der Waals surface area contributed by atoms with Crippen LogP contribution in [0, 0.1) is 17.2 Å². The molecule has 8 rings (SSSR count). The van der Waals surface area contributed by atoms with Crippen LogP contribution in [0.25, 0.3) is 5.65 Å². The lowest BCUT2D eigenvalue weighted by molar-refractivity contribution is -0.120. The van der Waals surface area contributed by atoms with Gasteiger partial charge in [-0.05, 0) is 80.8 Å². The zero-order valence-electron chi connectivity index (χ0n) is 30.6. The third-order valence-electron chi connectivity index (χ3n) is 11.2. The van der Waals surface area contributed by atoms with E-state index in [0.29, 0.717) is 40.3 Å². The first-order valence-electron chi connectivity index (χ1n) is 19.1. The lowest BCUT2D eigenvalue weighted by atomic mass is 9.93. The van der Waals surface area contributed by atoms with Crippen LogP contribution in [0.2, 0.25) is 5.02 Å². The number of imidazole rings is 1. The van der Waals surface area contributed by atoms with Gasteiger partial charge < -0.3 is 19.9 Å². The Morgan fingerprint density at radius 3 is 2.44 bits per heavy atom. The minimum absolute atomic E-state index is 0.0317. The van der Waals surface area contributed by atoms with E-state index in [1.807, 2.05) is 22.7 Å². The van der Waals surface area contributed by atoms with Crippen molar-refractivity contribution < 1.29 is 19.1 Å². The quantitative estimate of drug-likeness (QED) is 0.250. The number of fused-ring (bicyclic) bond motifs is 1. The van der Waals surface area contributed by atoms with Crippen molar-refractivity contribution in [3.8, 4) is 11.8 Å². The number of pyridine rings is 1. The molecule has 6 heterocycles. The summed E-state index contributed by atoms with van der Waals surface area (Å²) in [5.74, 6) is 2.25. The second-order valence-electron chi connectivity index (χ2n) is 14.8. The molecular weight excluding hydrogens is 722 g/mol. The molecule has 0 unspecified atom stereocenters. The number of halogens is 1. The molecule has 3 aromatic heterocycles. The van der Waals surface area contributed by atoms with E-state index in [4.69, 9.17) is 21.6 Å². The van der Waals surface area contributed by atoms with Crippen LogP contribution in [0.5, 0.6) is 5.75 Å². The monoisotopic (exact) mass is 765 g/mol. The molecule has 1 aliphatic carbocycles. The van der Waals surface area contributed by atoms with Crippen molar-refractivity contribution in [1.29, 1.82) is 5.26 Å². The zero-order chi connectivity index (χ0) is 37.9. The fourth-order valence-corrected chi connectivity index (χ4v) is 8.29. The third kappa shape index (κ3) is 8.30. The number of hydrogen-bond acceptors (Lipinski definition) is 11. The second kappa shape index (κ2) is 16.1. The molecular formula is C39H44ClN11O4. The highest BCUT2D eigenvalue weighted by molar-refractivity contribution is 6.31. The van der Waals surface area contributed by atoms with E-state index in [-0.39, 0.29) is 30.4 Å². The zero-order valence-corrected chi connectivity index (χ0v) is 31.3. The van der Waals surface area contributed by atoms with Crippen LogP contribution in [-0.2, 0) is 4.79 Å². The number of carbonyl (C=O) groups is 3. The highest BCUT2D eigenvalue weighted by Gasteiger charge is 2.29. The predicted molar refractivity (Wildman–Crippen MR) is 207 cm³/mol. The number of aromatic nitrogens is 4. The summed E-state index contributed by atoms with van der Waals surface area (Å²) in [5, 5.41) is 23.7. The molecule has 4 aliphatic rings. The van der Waals surface area contributed by atoms with Crippen molar-refractivity contribution in [3.63, 3.8) is 0 Å². The van der Waals surface area contributed by atoms with Crippen molar-refractivity contribution >= 4 is 52.4 Å². The van der Waals surface area contributed by atoms with Crippen LogP contribution in [0.4, 0.5) is 22.1 Å². The van der Waals surface area contributed by atoms with Crippen molar-refractivity contribution in [3.05, 3.63) is 71.1 Å². The molecule has 3 aliphatic heterocycles. The van der Waals surface area contributed by atoms with Gasteiger partial charge in [0.05, 0.1) is 28.6 Å². The number of urea groups is 1. The maximum absolute atomic E-state index is 13.0. The molecule has 16 heteroatoms. The maximum Gasteiger partial charge on any atom is 0.329 e. The number of anilines is 3. The van der Waals surface area contributed by atoms with Gasteiger partial charge in [-0.3, -0.25) is 29.1 Å². The van der Waals surface area contributed by atoms with E-state index in [9.17, 15) is 14.4 Å². The molecule has 0 bridgehead atoms. The summed E-state index contributed by atoms with van der Waals surface area (Å²) < 4.78 is 8.01. The Kier molecular flexibility index (Phi) is 10.7. The van der Waals surface area contributed by atoms with Crippen LogP contribution in [-0.4, -0.2) is 107 Å². The highest BCUT2D eigenvalue weighted by atomic mass is 35.5. The molecule has 4 amide bonds. The molecule has 1 aromatic carbocycles. The second-order valence-corrected chi connectivity index (χ2v) is 15.2. The molecule has 286 valence electrons. The SMILES string of the molecule is N#Cc1ccc(OC2CCC(NC(=O)c3ccc(N4CCC(CN5CCN(c6ccc7ncc(N8CCC(=O)NC8=O)n7c6)CC5)CC4)nn3)CC2)cc1Cl. The van der Waals surface area contributed by atoms with Gasteiger partial charge in [0.25, 0.3) is 5.91 Å². The van der Waals surface area contributed by atoms with Gasteiger partial charge in [0.1, 0.15) is 23.3 Å². The summed E-state index contributed by atoms with van der Waals surface area (Å²) in [6, 6.07) is 14.5. The first kappa shape index (κ1) is 36.5. The number of ether oxygens (including phenoxy) is 1. The minimum atomic E-state index is -0.416. The predicted octanol–water partition coefficient (Wildman–Crippen LogP) is 4.25. The number of amides is 4. The van der Waals surface area contributed by atoms with Crippen molar-refractivity contribution in [1.82, 2.24) is 35.1 Å². The molecule has 0 spiro atoms. The Labute approximate surface area is 324 Å². The van der Waals surface area contributed by atoms with E-state index < -0.39 is 6.03 Å². The number of rotatable bonds is 9. The molecule has 1 saturated carbocycles. The normalized spacial score (nSPS) is 21.3. The van der Waals surface area contributed by atoms with Gasteiger partial charge in [0.2, 0.25) is 5.91 Å². The van der Waals surface area contributed by atoms with Crippen LogP contribution >= 0.6 is 11.6 Å². The number of nitrogens with one attached hydrogen (secondary N) is 2. The Hall–Kier alpha value is -5.46. The van der Waals surface area contributed by atoms with Gasteiger partial charge in [0, 0.05) is 77.1 Å². The number of piperazine rings is 1. The number of nitrogens with zero attached hydrogens (tertiary/aromatic N) is 9. The average molecular weight is 766 g/mol. The topological polar surface area (TPSA) is 164 Å². The molecule has 0 atom stereocenters. The van der Waals surface area contributed by atoms with Crippen LogP contribution in [0.1, 0.15) is 61.0 Å². The number of hydrogen-bond donors (Lipinski definition) is 2. The first-order valence-corrected chi connectivity index (χ1v) is 19.5. The van der Waals surface area contributed by atoms with Crippen LogP contribution in [0.15, 0.2) is 54.9 Å². The molecule has 2 N–H and O–H groups in total. The Morgan fingerprint density at radius 1 is 0.927 bits per heavy atom. The van der Waals surface area contributed by atoms with E-state index in [2.05, 4.69) is 52.7 Å².